The molecule has 0 heterocycles. The fraction of sp³-hybridized carbons (Fsp3) is 0.500. The van der Waals surface area contributed by atoms with Gasteiger partial charge < -0.3 is 10.4 Å². The van der Waals surface area contributed by atoms with Crippen molar-refractivity contribution in [3.63, 3.8) is 0 Å². The second-order valence-electron chi connectivity index (χ2n) is 4.11. The van der Waals surface area contributed by atoms with Crippen molar-refractivity contribution < 1.29 is 9.90 Å². The van der Waals surface area contributed by atoms with Crippen molar-refractivity contribution in [1.29, 1.82) is 0 Å². The van der Waals surface area contributed by atoms with Crippen molar-refractivity contribution in [1.82, 2.24) is 5.32 Å². The standard InChI is InChI=1S/C14H21NO2S/c1-2-12(16)8-10-15-14(17)9-11-18-13-6-4-3-5-7-13/h3-7,12,16H,2,8-11H2,1H3,(H,15,17). The molecule has 1 rings (SSSR count). The van der Waals surface area contributed by atoms with Crippen LogP contribution < -0.4 is 5.32 Å². The monoisotopic (exact) mass is 267 g/mol. The van der Waals surface area contributed by atoms with Gasteiger partial charge in [0, 0.05) is 23.6 Å². The maximum atomic E-state index is 11.5. The van der Waals surface area contributed by atoms with Gasteiger partial charge in [-0.1, -0.05) is 25.1 Å². The van der Waals surface area contributed by atoms with Gasteiger partial charge in [0.1, 0.15) is 0 Å². The molecule has 0 saturated heterocycles. The number of carbonyl (C=O) groups is 1. The van der Waals surface area contributed by atoms with E-state index in [0.29, 0.717) is 19.4 Å². The number of thioether (sulfide) groups is 1. The summed E-state index contributed by atoms with van der Waals surface area (Å²) in [6.45, 7) is 2.49. The number of rotatable bonds is 8. The lowest BCUT2D eigenvalue weighted by atomic mass is 10.2. The highest BCUT2D eigenvalue weighted by molar-refractivity contribution is 7.99. The van der Waals surface area contributed by atoms with Gasteiger partial charge >= 0.3 is 0 Å². The van der Waals surface area contributed by atoms with E-state index in [2.05, 4.69) is 5.32 Å². The summed E-state index contributed by atoms with van der Waals surface area (Å²) in [5.74, 6) is 0.841. The van der Waals surface area contributed by atoms with Crippen LogP contribution in [0.25, 0.3) is 0 Å². The van der Waals surface area contributed by atoms with E-state index in [0.717, 1.165) is 12.2 Å². The molecule has 1 atom stereocenters. The van der Waals surface area contributed by atoms with E-state index >= 15 is 0 Å². The fourth-order valence-electron chi connectivity index (χ4n) is 1.45. The van der Waals surface area contributed by atoms with E-state index in [1.165, 1.54) is 4.90 Å². The fourth-order valence-corrected chi connectivity index (χ4v) is 2.32. The molecule has 0 aliphatic rings. The van der Waals surface area contributed by atoms with Crippen LogP contribution in [0.5, 0.6) is 0 Å². The minimum absolute atomic E-state index is 0.0572. The molecule has 100 valence electrons. The molecule has 0 bridgehead atoms. The third-order valence-corrected chi connectivity index (χ3v) is 3.63. The van der Waals surface area contributed by atoms with Crippen LogP contribution in [0.1, 0.15) is 26.2 Å². The molecule has 2 N–H and O–H groups in total. The van der Waals surface area contributed by atoms with Gasteiger partial charge in [-0.05, 0) is 25.0 Å². The van der Waals surface area contributed by atoms with Crippen LogP contribution in [-0.4, -0.2) is 29.4 Å². The second-order valence-corrected chi connectivity index (χ2v) is 5.28. The maximum absolute atomic E-state index is 11.5. The molecule has 0 aromatic heterocycles. The minimum Gasteiger partial charge on any atom is -0.393 e. The Bertz CT molecular complexity index is 343. The first-order valence-corrected chi connectivity index (χ1v) is 7.33. The summed E-state index contributed by atoms with van der Waals surface area (Å²) >= 11 is 1.68. The van der Waals surface area contributed by atoms with E-state index < -0.39 is 0 Å². The third-order valence-electron chi connectivity index (χ3n) is 2.61. The minimum atomic E-state index is -0.302. The lowest BCUT2D eigenvalue weighted by molar-refractivity contribution is -0.120. The molecule has 3 nitrogen and oxygen atoms in total. The van der Waals surface area contributed by atoms with Crippen LogP contribution in [-0.2, 0) is 4.79 Å². The highest BCUT2D eigenvalue weighted by Crippen LogP contribution is 2.17. The van der Waals surface area contributed by atoms with Gasteiger partial charge in [-0.15, -0.1) is 11.8 Å². The van der Waals surface area contributed by atoms with E-state index in [1.807, 2.05) is 37.3 Å². The Morgan fingerprint density at radius 2 is 2.11 bits per heavy atom. The number of aliphatic hydroxyl groups excluding tert-OH is 1. The van der Waals surface area contributed by atoms with Crippen LogP contribution >= 0.6 is 11.8 Å². The molecule has 18 heavy (non-hydrogen) atoms. The van der Waals surface area contributed by atoms with Crippen LogP contribution in [0.15, 0.2) is 35.2 Å². The summed E-state index contributed by atoms with van der Waals surface area (Å²) in [7, 11) is 0. The van der Waals surface area contributed by atoms with Crippen LogP contribution in [0.4, 0.5) is 0 Å². The first-order chi connectivity index (χ1) is 8.72. The lowest BCUT2D eigenvalue weighted by Crippen LogP contribution is -2.27. The van der Waals surface area contributed by atoms with Gasteiger partial charge in [0.05, 0.1) is 6.10 Å². The Kier molecular flexibility index (Phi) is 7.53. The number of hydrogen-bond acceptors (Lipinski definition) is 3. The molecule has 1 amide bonds. The smallest absolute Gasteiger partial charge is 0.220 e. The summed E-state index contributed by atoms with van der Waals surface area (Å²) in [6, 6.07) is 10.1. The van der Waals surface area contributed by atoms with Crippen LogP contribution in [0, 0.1) is 0 Å². The first-order valence-electron chi connectivity index (χ1n) is 6.35. The molecule has 0 saturated carbocycles. The van der Waals surface area contributed by atoms with E-state index in [9.17, 15) is 9.90 Å². The number of benzene rings is 1. The molecular formula is C14H21NO2S. The zero-order valence-electron chi connectivity index (χ0n) is 10.8. The molecule has 1 unspecified atom stereocenters. The average molecular weight is 267 g/mol. The molecule has 0 radical (unpaired) electrons. The number of amides is 1. The quantitative estimate of drug-likeness (QED) is 0.711. The summed E-state index contributed by atoms with van der Waals surface area (Å²) < 4.78 is 0. The molecule has 1 aromatic rings. The second kappa shape index (κ2) is 9.00. The van der Waals surface area contributed by atoms with Gasteiger partial charge in [-0.3, -0.25) is 4.79 Å². The summed E-state index contributed by atoms with van der Waals surface area (Å²) in [6.07, 6.45) is 1.58. The molecule has 1 aromatic carbocycles. The molecular weight excluding hydrogens is 246 g/mol. The van der Waals surface area contributed by atoms with Gasteiger partial charge in [-0.2, -0.15) is 0 Å². The Balaban J connectivity index is 2.07. The molecule has 0 aliphatic carbocycles. The predicted molar refractivity (Wildman–Crippen MR) is 75.7 cm³/mol. The summed E-state index contributed by atoms with van der Waals surface area (Å²) in [4.78, 5) is 12.7. The number of hydrogen-bond donors (Lipinski definition) is 2. The zero-order valence-corrected chi connectivity index (χ0v) is 11.6. The number of carbonyl (C=O) groups excluding carboxylic acids is 1. The Morgan fingerprint density at radius 1 is 1.39 bits per heavy atom. The highest BCUT2D eigenvalue weighted by atomic mass is 32.2. The van der Waals surface area contributed by atoms with Crippen molar-refractivity contribution >= 4 is 17.7 Å². The maximum Gasteiger partial charge on any atom is 0.220 e. The summed E-state index contributed by atoms with van der Waals surface area (Å²) in [5.41, 5.74) is 0. The predicted octanol–water partition coefficient (Wildman–Crippen LogP) is 2.45. The van der Waals surface area contributed by atoms with Crippen LogP contribution in [0.2, 0.25) is 0 Å². The molecule has 0 spiro atoms. The van der Waals surface area contributed by atoms with E-state index in [4.69, 9.17) is 0 Å². The van der Waals surface area contributed by atoms with Crippen LogP contribution in [0.3, 0.4) is 0 Å². The lowest BCUT2D eigenvalue weighted by Gasteiger charge is -2.08. The molecule has 0 fully saturated rings. The number of nitrogens with one attached hydrogen (secondary N) is 1. The van der Waals surface area contributed by atoms with E-state index in [1.54, 1.807) is 11.8 Å². The summed E-state index contributed by atoms with van der Waals surface area (Å²) in [5, 5.41) is 12.2. The Hall–Kier alpha value is -1.00. The van der Waals surface area contributed by atoms with Gasteiger partial charge in [0.2, 0.25) is 5.91 Å². The first kappa shape index (κ1) is 15.1. The third kappa shape index (κ3) is 6.67. The SMILES string of the molecule is CCC(O)CCNC(=O)CCSc1ccccc1. The Morgan fingerprint density at radius 3 is 2.78 bits per heavy atom. The topological polar surface area (TPSA) is 49.3 Å². The van der Waals surface area contributed by atoms with Crippen molar-refractivity contribution in [2.24, 2.45) is 0 Å². The average Bonchev–Trinajstić information content (AvgIpc) is 2.39. The van der Waals surface area contributed by atoms with Crippen molar-refractivity contribution in [3.8, 4) is 0 Å². The van der Waals surface area contributed by atoms with E-state index in [-0.39, 0.29) is 12.0 Å². The van der Waals surface area contributed by atoms with Crippen molar-refractivity contribution in [2.45, 2.75) is 37.2 Å². The van der Waals surface area contributed by atoms with Crippen molar-refractivity contribution in [3.05, 3.63) is 30.3 Å². The Labute approximate surface area is 113 Å². The number of aliphatic hydroxyl groups is 1. The van der Waals surface area contributed by atoms with Gasteiger partial charge in [0.15, 0.2) is 0 Å². The normalized spacial score (nSPS) is 12.1. The van der Waals surface area contributed by atoms with Gasteiger partial charge in [-0.25, -0.2) is 0 Å². The molecule has 0 aliphatic heterocycles. The highest BCUT2D eigenvalue weighted by Gasteiger charge is 2.04. The van der Waals surface area contributed by atoms with Crippen molar-refractivity contribution in [2.75, 3.05) is 12.3 Å². The largest absolute Gasteiger partial charge is 0.393 e. The van der Waals surface area contributed by atoms with Gasteiger partial charge in [0.25, 0.3) is 0 Å². The zero-order chi connectivity index (χ0) is 13.2. The molecule has 4 heteroatoms.